The highest BCUT2D eigenvalue weighted by atomic mass is 127. The molecule has 1 aliphatic rings. The van der Waals surface area contributed by atoms with Crippen LogP contribution >= 0.6 is 35.6 Å². The van der Waals surface area contributed by atoms with Crippen LogP contribution in [0.1, 0.15) is 38.7 Å². The van der Waals surface area contributed by atoms with E-state index in [1.807, 2.05) is 18.2 Å². The zero-order valence-corrected chi connectivity index (χ0v) is 18.5. The Morgan fingerprint density at radius 1 is 1.24 bits per heavy atom. The van der Waals surface area contributed by atoms with Gasteiger partial charge in [0.05, 0.1) is 0 Å². The highest BCUT2D eigenvalue weighted by molar-refractivity contribution is 14.0. The van der Waals surface area contributed by atoms with Crippen molar-refractivity contribution in [1.29, 1.82) is 0 Å². The molecule has 2 N–H and O–H groups in total. The molecule has 1 heterocycles. The maximum atomic E-state index is 6.21. The van der Waals surface area contributed by atoms with Crippen molar-refractivity contribution in [1.82, 2.24) is 15.5 Å². The van der Waals surface area contributed by atoms with Crippen molar-refractivity contribution in [2.45, 2.75) is 45.6 Å². The summed E-state index contributed by atoms with van der Waals surface area (Å²) in [6.07, 6.45) is 4.49. The highest BCUT2D eigenvalue weighted by Crippen LogP contribution is 2.15. The minimum absolute atomic E-state index is 0. The van der Waals surface area contributed by atoms with Crippen molar-refractivity contribution in [3.63, 3.8) is 0 Å². The third-order valence-corrected chi connectivity index (χ3v) is 4.79. The van der Waals surface area contributed by atoms with Crippen molar-refractivity contribution in [2.75, 3.05) is 32.7 Å². The summed E-state index contributed by atoms with van der Waals surface area (Å²) in [4.78, 5) is 7.28. The van der Waals surface area contributed by atoms with Gasteiger partial charge >= 0.3 is 0 Å². The molecule has 0 bridgehead atoms. The summed E-state index contributed by atoms with van der Waals surface area (Å²) in [5.41, 5.74) is 1.16. The van der Waals surface area contributed by atoms with Crippen LogP contribution in [0.3, 0.4) is 0 Å². The second-order valence-electron chi connectivity index (χ2n) is 6.36. The molecular weight excluding hydrogens is 447 g/mol. The number of aliphatic imine (C=N–C) groups is 1. The monoisotopic (exact) mass is 478 g/mol. The molecule has 0 aliphatic carbocycles. The number of rotatable bonds is 7. The minimum atomic E-state index is 0. The van der Waals surface area contributed by atoms with E-state index in [1.165, 1.54) is 38.9 Å². The molecule has 0 aromatic heterocycles. The van der Waals surface area contributed by atoms with Gasteiger partial charge in [0, 0.05) is 37.2 Å². The molecule has 1 aliphatic heterocycles. The fourth-order valence-corrected chi connectivity index (χ4v) is 3.35. The van der Waals surface area contributed by atoms with Crippen molar-refractivity contribution in [3.05, 3.63) is 34.9 Å². The van der Waals surface area contributed by atoms with Gasteiger partial charge < -0.3 is 15.5 Å². The Balaban J connectivity index is 0.00000312. The number of likely N-dealkylation sites (tertiary alicyclic amines) is 1. The number of guanidine groups is 1. The predicted molar refractivity (Wildman–Crippen MR) is 119 cm³/mol. The lowest BCUT2D eigenvalue weighted by Crippen LogP contribution is -2.48. The number of halogens is 2. The minimum Gasteiger partial charge on any atom is -0.357 e. The molecule has 0 spiro atoms. The van der Waals surface area contributed by atoms with E-state index in [4.69, 9.17) is 16.6 Å². The van der Waals surface area contributed by atoms with E-state index in [0.29, 0.717) is 6.04 Å². The molecule has 6 heteroatoms. The Labute approximate surface area is 174 Å². The van der Waals surface area contributed by atoms with Gasteiger partial charge in [0.15, 0.2) is 5.96 Å². The van der Waals surface area contributed by atoms with Gasteiger partial charge in [0.1, 0.15) is 0 Å². The van der Waals surface area contributed by atoms with Crippen molar-refractivity contribution >= 4 is 41.5 Å². The van der Waals surface area contributed by atoms with Crippen molar-refractivity contribution in [3.8, 4) is 0 Å². The van der Waals surface area contributed by atoms with Gasteiger partial charge in [-0.25, -0.2) is 0 Å². The zero-order valence-electron chi connectivity index (χ0n) is 15.4. The topological polar surface area (TPSA) is 39.7 Å². The van der Waals surface area contributed by atoms with E-state index in [2.05, 4.69) is 35.4 Å². The maximum Gasteiger partial charge on any atom is 0.191 e. The third kappa shape index (κ3) is 8.13. The Morgan fingerprint density at radius 2 is 1.96 bits per heavy atom. The van der Waals surface area contributed by atoms with Crippen LogP contribution in [-0.4, -0.2) is 49.6 Å². The standard InChI is InChI=1S/C19H31ClN4.HI/c1-3-13-24-14-10-17(11-15-24)23-19(21-4-2)22-12-9-16-7-5-6-8-18(16)20;/h5-8,17H,3-4,9-15H2,1-2H3,(H2,21,22,23);1H. The van der Waals surface area contributed by atoms with E-state index in [-0.39, 0.29) is 24.0 Å². The van der Waals surface area contributed by atoms with Crippen LogP contribution in [0.15, 0.2) is 29.3 Å². The number of piperidine rings is 1. The van der Waals surface area contributed by atoms with E-state index in [0.717, 1.165) is 36.1 Å². The van der Waals surface area contributed by atoms with Gasteiger partial charge in [-0.15, -0.1) is 24.0 Å². The summed E-state index contributed by atoms with van der Waals surface area (Å²) in [5.74, 6) is 0.929. The first kappa shape index (κ1) is 22.5. The van der Waals surface area contributed by atoms with Crippen LogP contribution in [0.2, 0.25) is 5.02 Å². The number of nitrogens with zero attached hydrogens (tertiary/aromatic N) is 2. The molecule has 1 fully saturated rings. The fraction of sp³-hybridized carbons (Fsp3) is 0.632. The van der Waals surface area contributed by atoms with E-state index >= 15 is 0 Å². The number of benzene rings is 1. The van der Waals surface area contributed by atoms with Crippen LogP contribution in [0.4, 0.5) is 0 Å². The lowest BCUT2D eigenvalue weighted by molar-refractivity contribution is 0.206. The quantitative estimate of drug-likeness (QED) is 0.354. The average molecular weight is 479 g/mol. The van der Waals surface area contributed by atoms with Crippen LogP contribution < -0.4 is 10.6 Å². The molecule has 0 radical (unpaired) electrons. The van der Waals surface area contributed by atoms with Crippen LogP contribution in [0.25, 0.3) is 0 Å². The molecule has 2 rings (SSSR count). The molecule has 0 saturated carbocycles. The van der Waals surface area contributed by atoms with Crippen LogP contribution in [0, 0.1) is 0 Å². The maximum absolute atomic E-state index is 6.21. The first-order valence-electron chi connectivity index (χ1n) is 9.23. The van der Waals surface area contributed by atoms with Gasteiger partial charge in [-0.2, -0.15) is 0 Å². The van der Waals surface area contributed by atoms with Gasteiger partial charge in [-0.1, -0.05) is 36.7 Å². The van der Waals surface area contributed by atoms with Crippen LogP contribution in [-0.2, 0) is 6.42 Å². The summed E-state index contributed by atoms with van der Waals surface area (Å²) in [6, 6.07) is 8.52. The van der Waals surface area contributed by atoms with Crippen molar-refractivity contribution < 1.29 is 0 Å². The Bertz CT molecular complexity index is 516. The molecule has 4 nitrogen and oxygen atoms in total. The summed E-state index contributed by atoms with van der Waals surface area (Å²) >= 11 is 6.21. The molecule has 25 heavy (non-hydrogen) atoms. The van der Waals surface area contributed by atoms with Gasteiger partial charge in [-0.3, -0.25) is 4.99 Å². The van der Waals surface area contributed by atoms with E-state index in [1.54, 1.807) is 0 Å². The summed E-state index contributed by atoms with van der Waals surface area (Å²) in [7, 11) is 0. The molecule has 1 saturated heterocycles. The SMILES string of the molecule is CCCN1CCC(NC(=NCCc2ccccc2Cl)NCC)CC1.I. The number of nitrogens with one attached hydrogen (secondary N) is 2. The lowest BCUT2D eigenvalue weighted by Gasteiger charge is -2.32. The summed E-state index contributed by atoms with van der Waals surface area (Å²) in [5, 5.41) is 7.79. The Kier molecular flexibility index (Phi) is 11.5. The molecule has 1 aromatic rings. The van der Waals surface area contributed by atoms with Gasteiger partial charge in [0.2, 0.25) is 0 Å². The van der Waals surface area contributed by atoms with Crippen LogP contribution in [0.5, 0.6) is 0 Å². The van der Waals surface area contributed by atoms with E-state index in [9.17, 15) is 0 Å². The first-order chi connectivity index (χ1) is 11.7. The molecular formula is C19H32ClIN4. The lowest BCUT2D eigenvalue weighted by atomic mass is 10.1. The second-order valence-corrected chi connectivity index (χ2v) is 6.77. The van der Waals surface area contributed by atoms with Gasteiger partial charge in [-0.05, 0) is 50.8 Å². The molecule has 0 unspecified atom stereocenters. The zero-order chi connectivity index (χ0) is 17.2. The number of hydrogen-bond donors (Lipinski definition) is 2. The smallest absolute Gasteiger partial charge is 0.191 e. The second kappa shape index (κ2) is 12.8. The third-order valence-electron chi connectivity index (χ3n) is 4.42. The number of hydrogen-bond acceptors (Lipinski definition) is 2. The fourth-order valence-electron chi connectivity index (χ4n) is 3.12. The summed E-state index contributed by atoms with van der Waals surface area (Å²) < 4.78 is 0. The first-order valence-corrected chi connectivity index (χ1v) is 9.61. The molecule has 0 amide bonds. The Hall–Kier alpha value is -0.530. The Morgan fingerprint density at radius 3 is 2.60 bits per heavy atom. The highest BCUT2D eigenvalue weighted by Gasteiger charge is 2.19. The predicted octanol–water partition coefficient (Wildman–Crippen LogP) is 3.93. The summed E-state index contributed by atoms with van der Waals surface area (Å²) in [6.45, 7) is 9.57. The largest absolute Gasteiger partial charge is 0.357 e. The van der Waals surface area contributed by atoms with Crippen molar-refractivity contribution in [2.24, 2.45) is 4.99 Å². The van der Waals surface area contributed by atoms with Gasteiger partial charge in [0.25, 0.3) is 0 Å². The molecule has 1 aromatic carbocycles. The normalized spacial score (nSPS) is 16.4. The average Bonchev–Trinajstić information content (AvgIpc) is 2.59. The van der Waals surface area contributed by atoms with E-state index < -0.39 is 0 Å². The molecule has 0 atom stereocenters. The molecule has 142 valence electrons.